The predicted molar refractivity (Wildman–Crippen MR) is 159 cm³/mol. The summed E-state index contributed by atoms with van der Waals surface area (Å²) >= 11 is 8.04. The van der Waals surface area contributed by atoms with Crippen LogP contribution in [0.2, 0.25) is 5.02 Å². The van der Waals surface area contributed by atoms with Crippen molar-refractivity contribution in [2.75, 3.05) is 30.7 Å². The average molecular weight is 577 g/mol. The molecule has 4 atom stereocenters. The Kier molecular flexibility index (Phi) is 11.5. The minimum Gasteiger partial charge on any atom is -0.376 e. The highest BCUT2D eigenvalue weighted by atomic mass is 35.5. The number of hydrogen-bond acceptors (Lipinski definition) is 6. The van der Waals surface area contributed by atoms with Gasteiger partial charge in [-0.25, -0.2) is 8.70 Å². The van der Waals surface area contributed by atoms with Gasteiger partial charge in [0.15, 0.2) is 0 Å². The van der Waals surface area contributed by atoms with Gasteiger partial charge >= 0.3 is 0 Å². The van der Waals surface area contributed by atoms with Crippen molar-refractivity contribution in [1.29, 1.82) is 0 Å². The summed E-state index contributed by atoms with van der Waals surface area (Å²) < 4.78 is 23.4. The Morgan fingerprint density at radius 2 is 2.00 bits per heavy atom. The van der Waals surface area contributed by atoms with Crippen LogP contribution in [0, 0.1) is 11.7 Å². The number of piperazine rings is 1. The molecule has 3 heterocycles. The number of aromatic nitrogens is 1. The van der Waals surface area contributed by atoms with E-state index in [-0.39, 0.29) is 29.9 Å². The molecule has 39 heavy (non-hydrogen) atoms. The monoisotopic (exact) mass is 576 g/mol. The molecule has 0 bridgehead atoms. The van der Waals surface area contributed by atoms with Crippen LogP contribution in [0.5, 0.6) is 0 Å². The predicted octanol–water partition coefficient (Wildman–Crippen LogP) is 6.45. The van der Waals surface area contributed by atoms with E-state index in [1.165, 1.54) is 6.20 Å². The highest BCUT2D eigenvalue weighted by Crippen LogP contribution is 2.39. The second kappa shape index (κ2) is 14.8. The zero-order valence-electron chi connectivity index (χ0n) is 23.3. The molecule has 2 fully saturated rings. The fourth-order valence-corrected chi connectivity index (χ4v) is 7.11. The van der Waals surface area contributed by atoms with Crippen LogP contribution in [-0.4, -0.2) is 58.8 Å². The molecule has 6 nitrogen and oxygen atoms in total. The van der Waals surface area contributed by atoms with Crippen LogP contribution in [-0.2, 0) is 16.0 Å². The van der Waals surface area contributed by atoms with Crippen molar-refractivity contribution >= 4 is 35.1 Å². The summed E-state index contributed by atoms with van der Waals surface area (Å²) in [5, 5.41) is 7.17. The van der Waals surface area contributed by atoms with Crippen LogP contribution >= 0.6 is 23.5 Å². The molecule has 2 aliphatic rings. The lowest BCUT2D eigenvalue weighted by Crippen LogP contribution is -2.48. The average Bonchev–Trinajstić information content (AvgIpc) is 2.91. The first-order chi connectivity index (χ1) is 18.8. The Morgan fingerprint density at radius 3 is 2.72 bits per heavy atom. The molecule has 9 heteroatoms. The number of rotatable bonds is 11. The molecule has 1 aromatic heterocycles. The van der Waals surface area contributed by atoms with Crippen LogP contribution in [0.1, 0.15) is 69.9 Å². The van der Waals surface area contributed by atoms with Gasteiger partial charge < -0.3 is 15.4 Å². The summed E-state index contributed by atoms with van der Waals surface area (Å²) in [6, 6.07) is 8.11. The van der Waals surface area contributed by atoms with E-state index in [1.807, 2.05) is 36.2 Å². The van der Waals surface area contributed by atoms with Gasteiger partial charge in [0.2, 0.25) is 5.91 Å². The molecule has 0 radical (unpaired) electrons. The maximum atomic E-state index is 15.0. The summed E-state index contributed by atoms with van der Waals surface area (Å²) in [7, 11) is 0. The van der Waals surface area contributed by atoms with E-state index in [0.29, 0.717) is 41.1 Å². The topological polar surface area (TPSA) is 66.5 Å². The molecule has 0 aliphatic carbocycles. The number of nitrogens with one attached hydrogen (secondary N) is 2. The molecular weight excluding hydrogens is 535 g/mol. The van der Waals surface area contributed by atoms with Crippen LogP contribution in [0.25, 0.3) is 0 Å². The number of carbonyl (C=O) groups is 1. The molecule has 1 aromatic carbocycles. The van der Waals surface area contributed by atoms with E-state index < -0.39 is 0 Å². The Balaban J connectivity index is 1.47. The number of halogens is 2. The Morgan fingerprint density at radius 1 is 1.26 bits per heavy atom. The van der Waals surface area contributed by atoms with E-state index in [4.69, 9.17) is 16.3 Å². The molecule has 2 aliphatic heterocycles. The highest BCUT2D eigenvalue weighted by Gasteiger charge is 2.33. The Bertz CT molecular complexity index is 1070. The smallest absolute Gasteiger partial charge is 0.225 e. The number of pyridine rings is 1. The standard InChI is InChI=1S/C30H42ClFN4O2S/c1-4-13-39-36-12-11-33-17-25(36)9-10-26-28(32)18-34-19-29(26)35-30(37)16-27(22-5-7-24(31)8-6-22)23-14-20(2)38-21(3)15-23/h5-8,18-21,23,25,27,33H,4,9-17H2,1-3H3,(H,35,37). The number of carbonyl (C=O) groups excluding carboxylic acids is 1. The van der Waals surface area contributed by atoms with Crippen molar-refractivity contribution in [2.45, 2.75) is 83.5 Å². The zero-order valence-corrected chi connectivity index (χ0v) is 24.9. The van der Waals surface area contributed by atoms with Crippen LogP contribution in [0.3, 0.4) is 0 Å². The lowest BCUT2D eigenvalue weighted by Gasteiger charge is -2.37. The van der Waals surface area contributed by atoms with E-state index in [2.05, 4.69) is 40.7 Å². The minimum atomic E-state index is -0.370. The van der Waals surface area contributed by atoms with Crippen molar-refractivity contribution in [2.24, 2.45) is 5.92 Å². The number of ether oxygens (including phenoxy) is 1. The second-order valence-electron chi connectivity index (χ2n) is 10.9. The Hall–Kier alpha value is -1.71. The van der Waals surface area contributed by atoms with Gasteiger partial charge in [-0.2, -0.15) is 0 Å². The number of benzene rings is 1. The normalized spacial score (nSPS) is 24.8. The van der Waals surface area contributed by atoms with E-state index in [0.717, 1.165) is 56.6 Å². The number of amides is 1. The minimum absolute atomic E-state index is 0.0125. The van der Waals surface area contributed by atoms with Gasteiger partial charge in [0.1, 0.15) is 5.82 Å². The first-order valence-corrected chi connectivity index (χ1v) is 15.6. The third-order valence-electron chi connectivity index (χ3n) is 7.77. The van der Waals surface area contributed by atoms with Gasteiger partial charge in [0, 0.05) is 48.4 Å². The van der Waals surface area contributed by atoms with E-state index >= 15 is 4.39 Å². The van der Waals surface area contributed by atoms with Crippen LogP contribution < -0.4 is 10.6 Å². The Labute approximate surface area is 241 Å². The molecule has 1 amide bonds. The number of anilines is 1. The lowest BCUT2D eigenvalue weighted by molar-refractivity contribution is -0.117. The fourth-order valence-electron chi connectivity index (χ4n) is 5.95. The van der Waals surface area contributed by atoms with E-state index in [9.17, 15) is 4.79 Å². The maximum absolute atomic E-state index is 15.0. The molecule has 2 N–H and O–H groups in total. The van der Waals surface area contributed by atoms with Crippen molar-refractivity contribution in [1.82, 2.24) is 14.6 Å². The van der Waals surface area contributed by atoms with Gasteiger partial charge in [0.25, 0.3) is 0 Å². The quantitative estimate of drug-likeness (QED) is 0.300. The molecule has 2 aromatic rings. The summed E-state index contributed by atoms with van der Waals surface area (Å²) in [5.41, 5.74) is 2.09. The number of hydrogen-bond donors (Lipinski definition) is 2. The third kappa shape index (κ3) is 8.64. The summed E-state index contributed by atoms with van der Waals surface area (Å²) in [6.07, 6.45) is 7.64. The lowest BCUT2D eigenvalue weighted by atomic mass is 9.76. The van der Waals surface area contributed by atoms with E-state index in [1.54, 1.807) is 6.20 Å². The molecular formula is C30H42ClFN4O2S. The first kappa shape index (κ1) is 30.3. The first-order valence-electron chi connectivity index (χ1n) is 14.3. The van der Waals surface area contributed by atoms with Crippen molar-refractivity contribution < 1.29 is 13.9 Å². The maximum Gasteiger partial charge on any atom is 0.225 e. The molecule has 2 saturated heterocycles. The SMILES string of the molecule is CCCSN1CCNCC1CCc1c(F)cncc1NC(=O)CC(c1ccc(Cl)cc1)C1CC(C)OC(C)C1. The van der Waals surface area contributed by atoms with Crippen LogP contribution in [0.4, 0.5) is 10.1 Å². The van der Waals surface area contributed by atoms with Gasteiger partial charge in [-0.05, 0) is 75.5 Å². The third-order valence-corrected chi connectivity index (χ3v) is 9.43. The van der Waals surface area contributed by atoms with Crippen LogP contribution in [0.15, 0.2) is 36.7 Å². The highest BCUT2D eigenvalue weighted by molar-refractivity contribution is 7.97. The number of nitrogens with zero attached hydrogens (tertiary/aromatic N) is 2. The molecule has 4 rings (SSSR count). The zero-order chi connectivity index (χ0) is 27.8. The molecule has 4 unspecified atom stereocenters. The summed E-state index contributed by atoms with van der Waals surface area (Å²) in [4.78, 5) is 17.5. The molecule has 214 valence electrons. The molecule has 0 spiro atoms. The summed E-state index contributed by atoms with van der Waals surface area (Å²) in [6.45, 7) is 9.21. The van der Waals surface area contributed by atoms with Gasteiger partial charge in [-0.3, -0.25) is 9.78 Å². The van der Waals surface area contributed by atoms with Gasteiger partial charge in [0.05, 0.1) is 30.3 Å². The van der Waals surface area contributed by atoms with Gasteiger partial charge in [-0.1, -0.05) is 42.6 Å². The fraction of sp³-hybridized carbons (Fsp3) is 0.600. The second-order valence-corrected chi connectivity index (χ2v) is 12.5. The van der Waals surface area contributed by atoms with Gasteiger partial charge in [-0.15, -0.1) is 0 Å². The van der Waals surface area contributed by atoms with Crippen molar-refractivity contribution in [3.63, 3.8) is 0 Å². The summed E-state index contributed by atoms with van der Waals surface area (Å²) in [5.74, 6) is 0.895. The molecule has 0 saturated carbocycles. The largest absolute Gasteiger partial charge is 0.376 e. The van der Waals surface area contributed by atoms with Crippen molar-refractivity contribution in [3.05, 3.63) is 58.6 Å². The van der Waals surface area contributed by atoms with Crippen molar-refractivity contribution in [3.8, 4) is 0 Å².